The van der Waals surface area contributed by atoms with Crippen molar-refractivity contribution < 1.29 is 27.0 Å². The molecule has 4 rings (SSSR count). The average Bonchev–Trinajstić information content (AvgIpc) is 2.89. The Morgan fingerprint density at radius 3 is 2.00 bits per heavy atom. The number of ether oxygens (including phenoxy) is 2. The first-order valence-corrected chi connectivity index (χ1v) is 12.4. The topological polar surface area (TPSA) is 18.5 Å². The van der Waals surface area contributed by atoms with Crippen LogP contribution in [0.5, 0.6) is 11.5 Å². The van der Waals surface area contributed by atoms with E-state index in [0.717, 1.165) is 25.7 Å². The summed E-state index contributed by atoms with van der Waals surface area (Å²) in [5.41, 5.74) is 1.83. The van der Waals surface area contributed by atoms with Crippen LogP contribution in [0.2, 0.25) is 0 Å². The van der Waals surface area contributed by atoms with Crippen molar-refractivity contribution in [3.05, 3.63) is 95.1 Å². The van der Waals surface area contributed by atoms with Gasteiger partial charge >= 0.3 is 0 Å². The van der Waals surface area contributed by atoms with Gasteiger partial charge < -0.3 is 9.47 Å². The number of hydrogen-bond donors (Lipinski definition) is 0. The first-order chi connectivity index (χ1) is 17.4. The van der Waals surface area contributed by atoms with Gasteiger partial charge in [-0.05, 0) is 80.2 Å². The van der Waals surface area contributed by atoms with Crippen LogP contribution in [-0.4, -0.2) is 6.61 Å². The molecular formula is C30H30F4O2. The van der Waals surface area contributed by atoms with E-state index in [1.165, 1.54) is 12.1 Å². The number of rotatable bonds is 8. The van der Waals surface area contributed by atoms with Crippen LogP contribution in [0, 0.1) is 29.2 Å². The smallest absolute Gasteiger partial charge is 0.204 e. The molecule has 190 valence electrons. The Hall–Kier alpha value is -3.28. The molecule has 3 aromatic carbocycles. The van der Waals surface area contributed by atoms with Crippen molar-refractivity contribution >= 4 is 0 Å². The molecule has 0 N–H and O–H groups in total. The van der Waals surface area contributed by atoms with Crippen molar-refractivity contribution in [1.82, 2.24) is 0 Å². The van der Waals surface area contributed by atoms with Crippen molar-refractivity contribution in [2.45, 2.75) is 52.1 Å². The highest BCUT2D eigenvalue weighted by molar-refractivity contribution is 5.65. The molecule has 0 saturated heterocycles. The Labute approximate surface area is 209 Å². The number of allylic oxidation sites excluding steroid dienone is 2. The summed E-state index contributed by atoms with van der Waals surface area (Å²) in [6.07, 6.45) is 7.90. The predicted octanol–water partition coefficient (Wildman–Crippen LogP) is 8.74. The van der Waals surface area contributed by atoms with Crippen molar-refractivity contribution in [3.63, 3.8) is 0 Å². The summed E-state index contributed by atoms with van der Waals surface area (Å²) in [5, 5.41) is 0. The Kier molecular flexibility index (Phi) is 8.34. The summed E-state index contributed by atoms with van der Waals surface area (Å²) in [6.45, 7) is 3.88. The molecule has 0 heterocycles. The monoisotopic (exact) mass is 498 g/mol. The molecule has 6 heteroatoms. The summed E-state index contributed by atoms with van der Waals surface area (Å²) < 4.78 is 68.8. The first kappa shape index (κ1) is 25.8. The zero-order chi connectivity index (χ0) is 25.7. The van der Waals surface area contributed by atoms with E-state index in [9.17, 15) is 8.78 Å². The van der Waals surface area contributed by atoms with Crippen LogP contribution < -0.4 is 9.47 Å². The van der Waals surface area contributed by atoms with Crippen LogP contribution in [0.1, 0.15) is 56.6 Å². The van der Waals surface area contributed by atoms with Crippen LogP contribution in [-0.2, 0) is 6.61 Å². The fourth-order valence-electron chi connectivity index (χ4n) is 4.83. The zero-order valence-electron chi connectivity index (χ0n) is 20.5. The van der Waals surface area contributed by atoms with Gasteiger partial charge in [0.05, 0.1) is 6.61 Å². The van der Waals surface area contributed by atoms with E-state index in [-0.39, 0.29) is 36.2 Å². The molecule has 0 unspecified atom stereocenters. The van der Waals surface area contributed by atoms with Crippen molar-refractivity contribution in [2.75, 3.05) is 6.61 Å². The Morgan fingerprint density at radius 2 is 1.39 bits per heavy atom. The maximum absolute atomic E-state index is 15.0. The lowest BCUT2D eigenvalue weighted by atomic mass is 9.78. The highest BCUT2D eigenvalue weighted by Crippen LogP contribution is 2.39. The quantitative estimate of drug-likeness (QED) is 0.228. The van der Waals surface area contributed by atoms with Crippen LogP contribution in [0.25, 0.3) is 11.1 Å². The molecule has 0 aliphatic heterocycles. The average molecular weight is 499 g/mol. The SMILES string of the molecule is CC=CC1CCC(c2ccc(-c3ccc(COc4ccc(OCC)c(F)c4F)cc3)c(F)c2F)CC1. The van der Waals surface area contributed by atoms with Crippen LogP contribution in [0.3, 0.4) is 0 Å². The largest absolute Gasteiger partial charge is 0.491 e. The summed E-state index contributed by atoms with van der Waals surface area (Å²) >= 11 is 0. The van der Waals surface area contributed by atoms with Gasteiger partial charge in [0, 0.05) is 5.56 Å². The molecule has 0 spiro atoms. The fourth-order valence-corrected chi connectivity index (χ4v) is 4.83. The van der Waals surface area contributed by atoms with Crippen molar-refractivity contribution in [3.8, 4) is 22.6 Å². The molecule has 1 aliphatic carbocycles. The van der Waals surface area contributed by atoms with Crippen molar-refractivity contribution in [2.24, 2.45) is 5.92 Å². The van der Waals surface area contributed by atoms with Gasteiger partial charge in [-0.15, -0.1) is 0 Å². The summed E-state index contributed by atoms with van der Waals surface area (Å²) in [4.78, 5) is 0. The van der Waals surface area contributed by atoms with E-state index in [0.29, 0.717) is 22.6 Å². The molecular weight excluding hydrogens is 468 g/mol. The number of halogens is 4. The number of hydrogen-bond acceptors (Lipinski definition) is 2. The molecule has 3 aromatic rings. The fraction of sp³-hybridized carbons (Fsp3) is 0.333. The molecule has 0 aromatic heterocycles. The van der Waals surface area contributed by atoms with E-state index < -0.39 is 23.3 Å². The van der Waals surface area contributed by atoms with E-state index in [2.05, 4.69) is 12.2 Å². The van der Waals surface area contributed by atoms with E-state index in [4.69, 9.17) is 9.47 Å². The van der Waals surface area contributed by atoms with Gasteiger partial charge in [-0.1, -0.05) is 48.6 Å². The maximum atomic E-state index is 15.0. The van der Waals surface area contributed by atoms with Gasteiger partial charge in [0.15, 0.2) is 23.1 Å². The molecule has 0 bridgehead atoms. The van der Waals surface area contributed by atoms with Gasteiger partial charge in [0.2, 0.25) is 11.6 Å². The van der Waals surface area contributed by atoms with E-state index >= 15 is 8.78 Å². The molecule has 2 nitrogen and oxygen atoms in total. The second kappa shape index (κ2) is 11.6. The molecule has 1 saturated carbocycles. The molecule has 1 fully saturated rings. The molecule has 0 atom stereocenters. The van der Waals surface area contributed by atoms with Gasteiger partial charge in [0.25, 0.3) is 0 Å². The van der Waals surface area contributed by atoms with Gasteiger partial charge in [-0.25, -0.2) is 8.78 Å². The van der Waals surface area contributed by atoms with Crippen LogP contribution in [0.15, 0.2) is 60.7 Å². The van der Waals surface area contributed by atoms with E-state index in [1.54, 1.807) is 43.3 Å². The normalized spacial score (nSPS) is 17.9. The van der Waals surface area contributed by atoms with Crippen LogP contribution >= 0.6 is 0 Å². The Morgan fingerprint density at radius 1 is 0.750 bits per heavy atom. The second-order valence-corrected chi connectivity index (χ2v) is 9.08. The molecule has 36 heavy (non-hydrogen) atoms. The summed E-state index contributed by atoms with van der Waals surface area (Å²) in [5.74, 6) is -3.70. The highest BCUT2D eigenvalue weighted by Gasteiger charge is 2.25. The van der Waals surface area contributed by atoms with Gasteiger partial charge in [0.1, 0.15) is 6.61 Å². The first-order valence-electron chi connectivity index (χ1n) is 12.4. The Balaban J connectivity index is 1.44. The predicted molar refractivity (Wildman–Crippen MR) is 133 cm³/mol. The maximum Gasteiger partial charge on any atom is 0.204 e. The number of benzene rings is 3. The van der Waals surface area contributed by atoms with Gasteiger partial charge in [-0.2, -0.15) is 8.78 Å². The van der Waals surface area contributed by atoms with E-state index in [1.807, 2.05) is 6.92 Å². The lowest BCUT2D eigenvalue weighted by molar-refractivity contribution is 0.274. The summed E-state index contributed by atoms with van der Waals surface area (Å²) in [7, 11) is 0. The third-order valence-electron chi connectivity index (χ3n) is 6.76. The third-order valence-corrected chi connectivity index (χ3v) is 6.76. The van der Waals surface area contributed by atoms with Gasteiger partial charge in [-0.3, -0.25) is 0 Å². The lowest BCUT2D eigenvalue weighted by Crippen LogP contribution is -2.13. The van der Waals surface area contributed by atoms with Crippen molar-refractivity contribution in [1.29, 1.82) is 0 Å². The second-order valence-electron chi connectivity index (χ2n) is 9.08. The molecule has 0 amide bonds. The minimum atomic E-state index is -1.12. The third kappa shape index (κ3) is 5.58. The summed E-state index contributed by atoms with van der Waals surface area (Å²) in [6, 6.07) is 12.7. The standard InChI is InChI=1S/C30H30F4O2/c1-3-5-19-6-10-21(11-7-19)23-14-15-24(28(32)27(23)31)22-12-8-20(9-13-22)18-36-26-17-16-25(35-4-2)29(33)30(26)34/h3,5,8-9,12-17,19,21H,4,6-7,10-11,18H2,1-2H3. The zero-order valence-corrected chi connectivity index (χ0v) is 20.5. The van der Waals surface area contributed by atoms with Crippen LogP contribution in [0.4, 0.5) is 17.6 Å². The molecule has 0 radical (unpaired) electrons. The Bertz CT molecular complexity index is 1210. The lowest BCUT2D eigenvalue weighted by Gasteiger charge is -2.27. The minimum absolute atomic E-state index is 0.0176. The molecule has 1 aliphatic rings. The minimum Gasteiger partial charge on any atom is -0.491 e. The highest BCUT2D eigenvalue weighted by atomic mass is 19.2.